The summed E-state index contributed by atoms with van der Waals surface area (Å²) in [5, 5.41) is 10.9. The first-order valence-electron chi connectivity index (χ1n) is 4.67. The van der Waals surface area contributed by atoms with Gasteiger partial charge in [-0.25, -0.2) is 9.59 Å². The van der Waals surface area contributed by atoms with Crippen molar-refractivity contribution < 1.29 is 24.2 Å². The lowest BCUT2D eigenvalue weighted by Gasteiger charge is -2.19. The molecule has 0 rings (SSSR count). The number of carboxylic acids is 1. The molecule has 0 bridgehead atoms. The molecule has 1 unspecified atom stereocenters. The van der Waals surface area contributed by atoms with E-state index in [0.29, 0.717) is 0 Å². The van der Waals surface area contributed by atoms with Crippen molar-refractivity contribution in [3.05, 3.63) is 0 Å². The number of nitrogens with zero attached hydrogens (tertiary/aromatic N) is 1. The summed E-state index contributed by atoms with van der Waals surface area (Å²) in [5.74, 6) is 0.301. The number of ether oxygens (including phenoxy) is 1. The van der Waals surface area contributed by atoms with Crippen molar-refractivity contribution >= 4 is 18.0 Å². The highest BCUT2D eigenvalue weighted by molar-refractivity contribution is 5.85. The number of hydrogen-bond acceptors (Lipinski definition) is 4. The van der Waals surface area contributed by atoms with Crippen LogP contribution in [0.15, 0.2) is 0 Å². The van der Waals surface area contributed by atoms with Crippen LogP contribution in [0.5, 0.6) is 0 Å². The predicted octanol–water partition coefficient (Wildman–Crippen LogP) is -0.723. The van der Waals surface area contributed by atoms with E-state index in [9.17, 15) is 14.4 Å². The zero-order valence-corrected chi connectivity index (χ0v) is 9.60. The molecule has 7 heteroatoms. The minimum Gasteiger partial charge on any atom is -0.480 e. The Morgan fingerprint density at radius 3 is 2.53 bits per heavy atom. The summed E-state index contributed by atoms with van der Waals surface area (Å²) in [4.78, 5) is 34.0. The van der Waals surface area contributed by atoms with Crippen LogP contribution < -0.4 is 5.32 Å². The number of urea groups is 1. The van der Waals surface area contributed by atoms with Gasteiger partial charge < -0.3 is 20.1 Å². The predicted molar refractivity (Wildman–Crippen MR) is 58.1 cm³/mol. The van der Waals surface area contributed by atoms with Crippen molar-refractivity contribution in [3.63, 3.8) is 0 Å². The first-order valence-corrected chi connectivity index (χ1v) is 4.67. The van der Waals surface area contributed by atoms with Gasteiger partial charge in [0.2, 0.25) is 0 Å². The van der Waals surface area contributed by atoms with Crippen LogP contribution in [0.1, 0.15) is 6.42 Å². The number of carbonyl (C=O) groups is 3. The zero-order chi connectivity index (χ0) is 13.4. The molecule has 0 spiro atoms. The van der Waals surface area contributed by atoms with Crippen LogP contribution >= 0.6 is 0 Å². The van der Waals surface area contributed by atoms with Crippen molar-refractivity contribution in [2.24, 2.45) is 0 Å². The molecular weight excluding hydrogens is 228 g/mol. The Morgan fingerprint density at radius 2 is 2.12 bits per heavy atom. The molecule has 0 aliphatic carbocycles. The molecule has 0 aliphatic rings. The Hall–Kier alpha value is -2.23. The van der Waals surface area contributed by atoms with Gasteiger partial charge >= 0.3 is 18.0 Å². The summed E-state index contributed by atoms with van der Waals surface area (Å²) >= 11 is 0. The van der Waals surface area contributed by atoms with Crippen molar-refractivity contribution in [2.75, 3.05) is 20.7 Å². The molecule has 2 N–H and O–H groups in total. The van der Waals surface area contributed by atoms with Crippen molar-refractivity contribution in [2.45, 2.75) is 12.5 Å². The molecule has 0 radical (unpaired) electrons. The quantitative estimate of drug-likeness (QED) is 0.490. The molecule has 17 heavy (non-hydrogen) atoms. The van der Waals surface area contributed by atoms with Crippen LogP contribution in [-0.2, 0) is 14.3 Å². The zero-order valence-electron chi connectivity index (χ0n) is 9.60. The SMILES string of the molecule is C#CCC(NC(=O)N(C)CC(=O)OC)C(=O)O. The summed E-state index contributed by atoms with van der Waals surface area (Å²) in [6, 6.07) is -1.88. The van der Waals surface area contributed by atoms with Crippen molar-refractivity contribution in [1.82, 2.24) is 10.2 Å². The number of rotatable bonds is 5. The van der Waals surface area contributed by atoms with Crippen molar-refractivity contribution in [1.29, 1.82) is 0 Å². The normalized spacial score (nSPS) is 10.9. The van der Waals surface area contributed by atoms with Gasteiger partial charge in [0, 0.05) is 13.5 Å². The highest BCUT2D eigenvalue weighted by Crippen LogP contribution is 1.94. The van der Waals surface area contributed by atoms with Gasteiger partial charge in [-0.05, 0) is 0 Å². The van der Waals surface area contributed by atoms with Crippen LogP contribution in [0.2, 0.25) is 0 Å². The summed E-state index contributed by atoms with van der Waals surface area (Å²) < 4.78 is 4.36. The van der Waals surface area contributed by atoms with E-state index in [1.165, 1.54) is 14.2 Å². The number of likely N-dealkylation sites (N-methyl/N-ethyl adjacent to an activating group) is 1. The molecule has 0 aromatic heterocycles. The second-order valence-corrected chi connectivity index (χ2v) is 3.18. The fourth-order valence-electron chi connectivity index (χ4n) is 0.907. The van der Waals surface area contributed by atoms with Crippen LogP contribution in [0, 0.1) is 12.3 Å². The van der Waals surface area contributed by atoms with Gasteiger partial charge in [0.25, 0.3) is 0 Å². The van der Waals surface area contributed by atoms with Crippen LogP contribution in [0.25, 0.3) is 0 Å². The molecule has 7 nitrogen and oxygen atoms in total. The smallest absolute Gasteiger partial charge is 0.327 e. The number of esters is 1. The van der Waals surface area contributed by atoms with Gasteiger partial charge in [-0.3, -0.25) is 4.79 Å². The Kier molecular flexibility index (Phi) is 6.18. The first kappa shape index (κ1) is 14.8. The average molecular weight is 242 g/mol. The average Bonchev–Trinajstić information content (AvgIpc) is 2.27. The second kappa shape index (κ2) is 7.11. The number of carboxylic acid groups (broad SMARTS) is 1. The maximum Gasteiger partial charge on any atom is 0.327 e. The number of carbonyl (C=O) groups excluding carboxylic acids is 2. The van der Waals surface area contributed by atoms with Crippen LogP contribution in [0.4, 0.5) is 4.79 Å². The Morgan fingerprint density at radius 1 is 1.53 bits per heavy atom. The molecule has 0 aromatic carbocycles. The van der Waals surface area contributed by atoms with Crippen LogP contribution in [-0.4, -0.2) is 54.7 Å². The van der Waals surface area contributed by atoms with Gasteiger partial charge in [0.15, 0.2) is 0 Å². The lowest BCUT2D eigenvalue weighted by Crippen LogP contribution is -2.47. The molecular formula is C10H14N2O5. The number of amides is 2. The fraction of sp³-hybridized carbons (Fsp3) is 0.500. The van der Waals surface area contributed by atoms with E-state index in [4.69, 9.17) is 11.5 Å². The Bertz CT molecular complexity index is 347. The van der Waals surface area contributed by atoms with E-state index in [-0.39, 0.29) is 13.0 Å². The van der Waals surface area contributed by atoms with Gasteiger partial charge in [-0.15, -0.1) is 12.3 Å². The third kappa shape index (κ3) is 5.41. The molecule has 2 amide bonds. The number of hydrogen-bond donors (Lipinski definition) is 2. The van der Waals surface area contributed by atoms with E-state index in [1.54, 1.807) is 0 Å². The van der Waals surface area contributed by atoms with Gasteiger partial charge in [-0.1, -0.05) is 0 Å². The number of methoxy groups -OCH3 is 1. The highest BCUT2D eigenvalue weighted by Gasteiger charge is 2.21. The monoisotopic (exact) mass is 242 g/mol. The lowest BCUT2D eigenvalue weighted by atomic mass is 10.2. The minimum atomic E-state index is -1.23. The minimum absolute atomic E-state index is 0.132. The molecule has 0 saturated heterocycles. The Labute approximate surface area is 98.7 Å². The first-order chi connectivity index (χ1) is 7.92. The molecule has 0 aliphatic heterocycles. The molecule has 0 aromatic rings. The third-order valence-electron chi connectivity index (χ3n) is 1.86. The summed E-state index contributed by atoms with van der Waals surface area (Å²) in [5.41, 5.74) is 0. The van der Waals surface area contributed by atoms with E-state index in [2.05, 4.69) is 16.0 Å². The maximum absolute atomic E-state index is 11.5. The summed E-state index contributed by atoms with van der Waals surface area (Å²) in [7, 11) is 2.52. The second-order valence-electron chi connectivity index (χ2n) is 3.18. The third-order valence-corrected chi connectivity index (χ3v) is 1.86. The topological polar surface area (TPSA) is 95.9 Å². The van der Waals surface area contributed by atoms with E-state index < -0.39 is 24.0 Å². The summed E-state index contributed by atoms with van der Waals surface area (Å²) in [6.45, 7) is -0.273. The number of aliphatic carboxylic acids is 1. The number of nitrogens with one attached hydrogen (secondary N) is 1. The van der Waals surface area contributed by atoms with Gasteiger partial charge in [0.05, 0.1) is 7.11 Å². The van der Waals surface area contributed by atoms with Gasteiger partial charge in [0.1, 0.15) is 12.6 Å². The Balaban J connectivity index is 4.36. The highest BCUT2D eigenvalue weighted by atomic mass is 16.5. The van der Waals surface area contributed by atoms with Crippen molar-refractivity contribution in [3.8, 4) is 12.3 Å². The maximum atomic E-state index is 11.5. The fourth-order valence-corrected chi connectivity index (χ4v) is 0.907. The van der Waals surface area contributed by atoms with Gasteiger partial charge in [-0.2, -0.15) is 0 Å². The molecule has 0 heterocycles. The lowest BCUT2D eigenvalue weighted by molar-refractivity contribution is -0.141. The molecule has 94 valence electrons. The molecule has 1 atom stereocenters. The number of terminal acetylenes is 1. The van der Waals surface area contributed by atoms with Crippen LogP contribution in [0.3, 0.4) is 0 Å². The summed E-state index contributed by atoms with van der Waals surface area (Å²) in [6.07, 6.45) is 4.84. The standard InChI is InChI=1S/C10H14N2O5/c1-4-5-7(9(14)15)11-10(16)12(2)6-8(13)17-3/h1,7H,5-6H2,2-3H3,(H,11,16)(H,14,15). The largest absolute Gasteiger partial charge is 0.480 e. The van der Waals surface area contributed by atoms with E-state index in [1.807, 2.05) is 0 Å². The molecule has 0 saturated carbocycles. The van der Waals surface area contributed by atoms with E-state index in [0.717, 1.165) is 4.90 Å². The molecule has 0 fully saturated rings. The van der Waals surface area contributed by atoms with E-state index >= 15 is 0 Å².